The lowest BCUT2D eigenvalue weighted by Gasteiger charge is -2.32. The van der Waals surface area contributed by atoms with Crippen molar-refractivity contribution >= 4 is 5.91 Å². The van der Waals surface area contributed by atoms with Crippen LogP contribution in [0.5, 0.6) is 0 Å². The van der Waals surface area contributed by atoms with E-state index in [0.717, 1.165) is 58.4 Å². The Kier molecular flexibility index (Phi) is 5.54. The molecule has 0 atom stereocenters. The number of hydrogen-bond acceptors (Lipinski definition) is 4. The van der Waals surface area contributed by atoms with E-state index < -0.39 is 5.60 Å². The van der Waals surface area contributed by atoms with Gasteiger partial charge in [-0.25, -0.2) is 0 Å². The SMILES string of the molecule is CN1CCN(Cc2cccc(C(=O)NCC3(O)CCCC3)c2)CC1. The Labute approximate surface area is 144 Å². The van der Waals surface area contributed by atoms with Crippen LogP contribution in [0.2, 0.25) is 0 Å². The van der Waals surface area contributed by atoms with Crippen molar-refractivity contribution in [1.82, 2.24) is 15.1 Å². The summed E-state index contributed by atoms with van der Waals surface area (Å²) in [5.74, 6) is -0.0875. The predicted octanol–water partition coefficient (Wildman–Crippen LogP) is 1.47. The summed E-state index contributed by atoms with van der Waals surface area (Å²) < 4.78 is 0. The molecular weight excluding hydrogens is 302 g/mol. The Morgan fingerprint density at radius 2 is 1.92 bits per heavy atom. The molecule has 0 spiro atoms. The first kappa shape index (κ1) is 17.4. The van der Waals surface area contributed by atoms with E-state index in [1.54, 1.807) is 0 Å². The molecule has 2 fully saturated rings. The molecule has 1 aromatic rings. The van der Waals surface area contributed by atoms with Gasteiger partial charge >= 0.3 is 0 Å². The molecule has 1 aromatic carbocycles. The number of carbonyl (C=O) groups is 1. The van der Waals surface area contributed by atoms with Crippen LogP contribution in [0.3, 0.4) is 0 Å². The van der Waals surface area contributed by atoms with Gasteiger partial charge in [-0.05, 0) is 37.6 Å². The summed E-state index contributed by atoms with van der Waals surface area (Å²) in [6.07, 6.45) is 3.67. The lowest BCUT2D eigenvalue weighted by molar-refractivity contribution is 0.0449. The molecule has 132 valence electrons. The molecule has 1 aliphatic carbocycles. The summed E-state index contributed by atoms with van der Waals surface area (Å²) in [4.78, 5) is 17.2. The van der Waals surface area contributed by atoms with Gasteiger partial charge < -0.3 is 15.3 Å². The van der Waals surface area contributed by atoms with Crippen molar-refractivity contribution in [3.63, 3.8) is 0 Å². The third-order valence-corrected chi connectivity index (χ3v) is 5.30. The molecule has 1 amide bonds. The van der Waals surface area contributed by atoms with E-state index in [1.165, 1.54) is 5.56 Å². The summed E-state index contributed by atoms with van der Waals surface area (Å²) in [5, 5.41) is 13.3. The van der Waals surface area contributed by atoms with Gasteiger partial charge in [0.1, 0.15) is 0 Å². The lowest BCUT2D eigenvalue weighted by Crippen LogP contribution is -2.43. The maximum absolute atomic E-state index is 12.4. The van der Waals surface area contributed by atoms with Crippen LogP contribution < -0.4 is 5.32 Å². The Bertz CT molecular complexity index is 561. The van der Waals surface area contributed by atoms with E-state index in [2.05, 4.69) is 28.2 Å². The molecule has 1 aliphatic heterocycles. The van der Waals surface area contributed by atoms with Gasteiger partial charge in [-0.3, -0.25) is 9.69 Å². The predicted molar refractivity (Wildman–Crippen MR) is 95.0 cm³/mol. The smallest absolute Gasteiger partial charge is 0.251 e. The topological polar surface area (TPSA) is 55.8 Å². The van der Waals surface area contributed by atoms with Crippen LogP contribution in [0.1, 0.15) is 41.6 Å². The molecule has 2 aliphatic rings. The van der Waals surface area contributed by atoms with E-state index in [1.807, 2.05) is 18.2 Å². The van der Waals surface area contributed by atoms with Crippen molar-refractivity contribution in [1.29, 1.82) is 0 Å². The Hall–Kier alpha value is -1.43. The van der Waals surface area contributed by atoms with Crippen molar-refractivity contribution in [2.75, 3.05) is 39.8 Å². The Balaban J connectivity index is 1.55. The molecule has 24 heavy (non-hydrogen) atoms. The molecule has 1 heterocycles. The molecule has 3 rings (SSSR count). The van der Waals surface area contributed by atoms with Gasteiger partial charge in [-0.15, -0.1) is 0 Å². The fraction of sp³-hybridized carbons (Fsp3) is 0.632. The van der Waals surface area contributed by atoms with Crippen molar-refractivity contribution in [3.05, 3.63) is 35.4 Å². The van der Waals surface area contributed by atoms with Crippen LogP contribution in [0.25, 0.3) is 0 Å². The second-order valence-electron chi connectivity index (χ2n) is 7.39. The standard InChI is InChI=1S/C19H29N3O2/c1-21-9-11-22(12-10-21)14-16-5-4-6-17(13-16)18(23)20-15-19(24)7-2-3-8-19/h4-6,13,24H,2-3,7-12,14-15H2,1H3,(H,20,23). The molecule has 0 unspecified atom stereocenters. The van der Waals surface area contributed by atoms with Crippen LogP contribution in [-0.2, 0) is 6.54 Å². The highest BCUT2D eigenvalue weighted by atomic mass is 16.3. The van der Waals surface area contributed by atoms with E-state index in [-0.39, 0.29) is 5.91 Å². The van der Waals surface area contributed by atoms with Gasteiger partial charge in [-0.1, -0.05) is 25.0 Å². The highest BCUT2D eigenvalue weighted by Crippen LogP contribution is 2.28. The first-order chi connectivity index (χ1) is 11.5. The largest absolute Gasteiger partial charge is 0.388 e. The molecule has 0 radical (unpaired) electrons. The molecule has 5 heteroatoms. The minimum atomic E-state index is -0.701. The van der Waals surface area contributed by atoms with Crippen molar-refractivity contribution in [2.45, 2.75) is 37.8 Å². The minimum Gasteiger partial charge on any atom is -0.388 e. The number of nitrogens with zero attached hydrogens (tertiary/aromatic N) is 2. The molecule has 0 aromatic heterocycles. The summed E-state index contributed by atoms with van der Waals surface area (Å²) in [5.41, 5.74) is 1.16. The maximum Gasteiger partial charge on any atom is 0.251 e. The lowest BCUT2D eigenvalue weighted by atomic mass is 10.0. The quantitative estimate of drug-likeness (QED) is 0.858. The molecule has 2 N–H and O–H groups in total. The average molecular weight is 331 g/mol. The number of carbonyl (C=O) groups excluding carboxylic acids is 1. The second-order valence-corrected chi connectivity index (χ2v) is 7.39. The number of benzene rings is 1. The van der Waals surface area contributed by atoms with Crippen LogP contribution in [-0.4, -0.2) is 66.2 Å². The molecule has 0 bridgehead atoms. The monoisotopic (exact) mass is 331 g/mol. The number of rotatable bonds is 5. The molecular formula is C19H29N3O2. The average Bonchev–Trinajstić information content (AvgIpc) is 3.02. The second kappa shape index (κ2) is 7.64. The maximum atomic E-state index is 12.4. The van der Waals surface area contributed by atoms with Gasteiger partial charge in [0.2, 0.25) is 0 Å². The number of aliphatic hydroxyl groups is 1. The van der Waals surface area contributed by atoms with Crippen molar-refractivity contribution in [3.8, 4) is 0 Å². The third kappa shape index (κ3) is 4.56. The van der Waals surface area contributed by atoms with Crippen LogP contribution in [0.4, 0.5) is 0 Å². The number of likely N-dealkylation sites (N-methyl/N-ethyl adjacent to an activating group) is 1. The minimum absolute atomic E-state index is 0.0875. The summed E-state index contributed by atoms with van der Waals surface area (Å²) in [6.45, 7) is 5.57. The molecule has 5 nitrogen and oxygen atoms in total. The van der Waals surface area contributed by atoms with Gasteiger partial charge in [0.25, 0.3) is 5.91 Å². The number of piperazine rings is 1. The molecule has 1 saturated heterocycles. The zero-order chi connectivity index (χ0) is 17.0. The fourth-order valence-corrected chi connectivity index (χ4v) is 3.63. The first-order valence-corrected chi connectivity index (χ1v) is 9.05. The molecule has 1 saturated carbocycles. The highest BCUT2D eigenvalue weighted by Gasteiger charge is 2.31. The van der Waals surface area contributed by atoms with E-state index >= 15 is 0 Å². The Morgan fingerprint density at radius 3 is 2.62 bits per heavy atom. The van der Waals surface area contributed by atoms with Gasteiger partial charge in [-0.2, -0.15) is 0 Å². The number of amides is 1. The number of hydrogen-bond donors (Lipinski definition) is 2. The first-order valence-electron chi connectivity index (χ1n) is 9.05. The van der Waals surface area contributed by atoms with Gasteiger partial charge in [0, 0.05) is 44.8 Å². The zero-order valence-electron chi connectivity index (χ0n) is 14.6. The summed E-state index contributed by atoms with van der Waals surface area (Å²) >= 11 is 0. The fourth-order valence-electron chi connectivity index (χ4n) is 3.63. The number of nitrogens with one attached hydrogen (secondary N) is 1. The third-order valence-electron chi connectivity index (χ3n) is 5.30. The van der Waals surface area contributed by atoms with Crippen LogP contribution >= 0.6 is 0 Å². The van der Waals surface area contributed by atoms with Crippen LogP contribution in [0, 0.1) is 0 Å². The summed E-state index contributed by atoms with van der Waals surface area (Å²) in [6, 6.07) is 7.86. The van der Waals surface area contributed by atoms with Crippen molar-refractivity contribution in [2.24, 2.45) is 0 Å². The Morgan fingerprint density at radius 1 is 1.21 bits per heavy atom. The summed E-state index contributed by atoms with van der Waals surface area (Å²) in [7, 11) is 2.15. The van der Waals surface area contributed by atoms with Crippen molar-refractivity contribution < 1.29 is 9.90 Å². The van der Waals surface area contributed by atoms with E-state index in [4.69, 9.17) is 0 Å². The highest BCUT2D eigenvalue weighted by molar-refractivity contribution is 5.94. The van der Waals surface area contributed by atoms with Gasteiger partial charge in [0.15, 0.2) is 0 Å². The normalized spacial score (nSPS) is 21.8. The van der Waals surface area contributed by atoms with E-state index in [9.17, 15) is 9.90 Å². The van der Waals surface area contributed by atoms with Crippen LogP contribution in [0.15, 0.2) is 24.3 Å². The van der Waals surface area contributed by atoms with Gasteiger partial charge in [0.05, 0.1) is 5.60 Å². The van der Waals surface area contributed by atoms with E-state index in [0.29, 0.717) is 12.1 Å². The zero-order valence-corrected chi connectivity index (χ0v) is 14.6.